The number of nitrogens with zero attached hydrogens (tertiary/aromatic N) is 3. The molecule has 0 spiro atoms. The number of thioether (sulfide) groups is 1. The highest BCUT2D eigenvalue weighted by Crippen LogP contribution is 2.17. The Hall–Kier alpha value is -2.27. The number of rotatable bonds is 6. The highest BCUT2D eigenvalue weighted by Gasteiger charge is 2.04. The first-order valence-electron chi connectivity index (χ1n) is 7.52. The van der Waals surface area contributed by atoms with Crippen LogP contribution in [0.4, 0.5) is 5.69 Å². The molecule has 0 saturated carbocycles. The first kappa shape index (κ1) is 17.1. The molecule has 120 valence electrons. The Labute approximate surface area is 142 Å². The first-order chi connectivity index (χ1) is 11.2. The van der Waals surface area contributed by atoms with Crippen LogP contribution in [-0.4, -0.2) is 24.2 Å². The van der Waals surface area contributed by atoms with Crippen LogP contribution in [0.2, 0.25) is 0 Å². The quantitative estimate of drug-likeness (QED) is 0.500. The van der Waals surface area contributed by atoms with Gasteiger partial charge in [-0.2, -0.15) is 5.10 Å². The van der Waals surface area contributed by atoms with Crippen molar-refractivity contribution >= 4 is 28.8 Å². The average molecular weight is 326 g/mol. The Morgan fingerprint density at radius 3 is 2.43 bits per heavy atom. The minimum Gasteiger partial charge on any atom is -0.377 e. The van der Waals surface area contributed by atoms with Crippen LogP contribution in [0.3, 0.4) is 0 Å². The zero-order chi connectivity index (χ0) is 16.5. The van der Waals surface area contributed by atoms with Gasteiger partial charge in [-0.15, -0.1) is 5.10 Å². The second-order valence-electron chi connectivity index (χ2n) is 4.98. The van der Waals surface area contributed by atoms with Crippen molar-refractivity contribution in [3.8, 4) is 0 Å². The summed E-state index contributed by atoms with van der Waals surface area (Å²) in [7, 11) is 0. The van der Waals surface area contributed by atoms with Crippen LogP contribution in [0.15, 0.2) is 64.8 Å². The highest BCUT2D eigenvalue weighted by atomic mass is 32.2. The van der Waals surface area contributed by atoms with Crippen LogP contribution in [0, 0.1) is 0 Å². The van der Waals surface area contributed by atoms with Gasteiger partial charge in [-0.1, -0.05) is 54.2 Å². The Balaban J connectivity index is 2.05. The fourth-order valence-electron chi connectivity index (χ4n) is 2.15. The van der Waals surface area contributed by atoms with Gasteiger partial charge in [0.1, 0.15) is 0 Å². The van der Waals surface area contributed by atoms with E-state index in [1.807, 2.05) is 24.5 Å². The van der Waals surface area contributed by atoms with E-state index in [0.29, 0.717) is 5.17 Å². The predicted octanol–water partition coefficient (Wildman–Crippen LogP) is 3.72. The fraction of sp³-hybridized carbons (Fsp3) is 0.222. The first-order valence-corrected chi connectivity index (χ1v) is 8.75. The van der Waals surface area contributed by atoms with Crippen LogP contribution in [-0.2, 0) is 6.54 Å². The van der Waals surface area contributed by atoms with Crippen molar-refractivity contribution in [1.82, 2.24) is 0 Å². The van der Waals surface area contributed by atoms with E-state index in [1.165, 1.54) is 23.0 Å². The van der Waals surface area contributed by atoms with E-state index in [2.05, 4.69) is 58.4 Å². The second-order valence-corrected chi connectivity index (χ2v) is 5.80. The molecular formula is C18H22N4S. The van der Waals surface area contributed by atoms with Crippen LogP contribution < -0.4 is 10.6 Å². The molecule has 0 fully saturated rings. The SMILES string of the molecule is CCN(Cc1ccccc1)c1ccc(/C=N\N=C(/N)SC)cc1. The maximum absolute atomic E-state index is 5.58. The zero-order valence-electron chi connectivity index (χ0n) is 13.5. The normalized spacial score (nSPS) is 11.8. The lowest BCUT2D eigenvalue weighted by atomic mass is 10.1. The van der Waals surface area contributed by atoms with E-state index in [0.717, 1.165) is 18.7 Å². The van der Waals surface area contributed by atoms with Crippen LogP contribution in [0.5, 0.6) is 0 Å². The molecule has 2 aromatic rings. The molecule has 2 N–H and O–H groups in total. The van der Waals surface area contributed by atoms with Crippen molar-refractivity contribution in [3.05, 3.63) is 65.7 Å². The molecule has 0 atom stereocenters. The summed E-state index contributed by atoms with van der Waals surface area (Å²) < 4.78 is 0. The third-order valence-corrected chi connectivity index (χ3v) is 3.93. The molecule has 4 nitrogen and oxygen atoms in total. The van der Waals surface area contributed by atoms with Gasteiger partial charge in [-0.3, -0.25) is 0 Å². The fourth-order valence-corrected chi connectivity index (χ4v) is 2.28. The standard InChI is InChI=1S/C18H22N4S/c1-3-22(14-16-7-5-4-6-8-16)17-11-9-15(10-12-17)13-20-21-18(19)23-2/h4-13H,3,14H2,1-2H3,(H2,19,21)/b20-13-. The lowest BCUT2D eigenvalue weighted by Gasteiger charge is -2.23. The summed E-state index contributed by atoms with van der Waals surface area (Å²) in [5.74, 6) is 0. The van der Waals surface area contributed by atoms with Gasteiger partial charge in [0.25, 0.3) is 0 Å². The number of benzene rings is 2. The average Bonchev–Trinajstić information content (AvgIpc) is 2.61. The van der Waals surface area contributed by atoms with E-state index < -0.39 is 0 Å². The minimum absolute atomic E-state index is 0.456. The second kappa shape index (κ2) is 9.00. The number of nitrogens with two attached hydrogens (primary N) is 1. The van der Waals surface area contributed by atoms with Gasteiger partial charge in [0.05, 0.1) is 6.21 Å². The van der Waals surface area contributed by atoms with Crippen molar-refractivity contribution in [2.75, 3.05) is 17.7 Å². The molecule has 0 unspecified atom stereocenters. The van der Waals surface area contributed by atoms with Gasteiger partial charge in [-0.05, 0) is 36.4 Å². The lowest BCUT2D eigenvalue weighted by molar-refractivity contribution is 0.832. The Bertz CT molecular complexity index is 650. The maximum atomic E-state index is 5.58. The van der Waals surface area contributed by atoms with E-state index in [-0.39, 0.29) is 0 Å². The summed E-state index contributed by atoms with van der Waals surface area (Å²) in [4.78, 5) is 2.33. The van der Waals surface area contributed by atoms with E-state index in [1.54, 1.807) is 6.21 Å². The minimum atomic E-state index is 0.456. The molecule has 0 aliphatic rings. The number of hydrogen-bond donors (Lipinski definition) is 1. The number of hydrogen-bond acceptors (Lipinski definition) is 4. The molecule has 2 rings (SSSR count). The number of anilines is 1. The summed E-state index contributed by atoms with van der Waals surface area (Å²) in [5, 5.41) is 8.32. The van der Waals surface area contributed by atoms with Gasteiger partial charge < -0.3 is 10.6 Å². The van der Waals surface area contributed by atoms with E-state index in [9.17, 15) is 0 Å². The molecule has 0 aromatic heterocycles. The number of amidine groups is 1. The molecule has 0 radical (unpaired) electrons. The van der Waals surface area contributed by atoms with Crippen molar-refractivity contribution in [3.63, 3.8) is 0 Å². The van der Waals surface area contributed by atoms with Crippen molar-refractivity contribution < 1.29 is 0 Å². The zero-order valence-corrected chi connectivity index (χ0v) is 14.3. The summed E-state index contributed by atoms with van der Waals surface area (Å²) in [6.45, 7) is 4.02. The van der Waals surface area contributed by atoms with Gasteiger partial charge in [0.2, 0.25) is 0 Å². The van der Waals surface area contributed by atoms with Crippen molar-refractivity contribution in [1.29, 1.82) is 0 Å². The predicted molar refractivity (Wildman–Crippen MR) is 102 cm³/mol. The summed E-state index contributed by atoms with van der Waals surface area (Å²) >= 11 is 1.38. The summed E-state index contributed by atoms with van der Waals surface area (Å²) in [6.07, 6.45) is 3.58. The molecule has 0 aliphatic heterocycles. The topological polar surface area (TPSA) is 54.0 Å². The van der Waals surface area contributed by atoms with Crippen molar-refractivity contribution in [2.24, 2.45) is 15.9 Å². The van der Waals surface area contributed by atoms with E-state index >= 15 is 0 Å². The Morgan fingerprint density at radius 1 is 1.13 bits per heavy atom. The molecule has 0 bridgehead atoms. The largest absolute Gasteiger partial charge is 0.377 e. The van der Waals surface area contributed by atoms with Crippen LogP contribution in [0.25, 0.3) is 0 Å². The molecule has 0 heterocycles. The molecule has 2 aromatic carbocycles. The molecule has 0 amide bonds. The Kier molecular flexibility index (Phi) is 6.69. The smallest absolute Gasteiger partial charge is 0.180 e. The third-order valence-electron chi connectivity index (χ3n) is 3.43. The molecule has 0 saturated heterocycles. The van der Waals surface area contributed by atoms with Gasteiger partial charge in [-0.25, -0.2) is 0 Å². The van der Waals surface area contributed by atoms with E-state index in [4.69, 9.17) is 5.73 Å². The van der Waals surface area contributed by atoms with Crippen LogP contribution >= 0.6 is 11.8 Å². The monoisotopic (exact) mass is 326 g/mol. The molecule has 23 heavy (non-hydrogen) atoms. The lowest BCUT2D eigenvalue weighted by Crippen LogP contribution is -2.21. The molecular weight excluding hydrogens is 304 g/mol. The summed E-state index contributed by atoms with van der Waals surface area (Å²) in [6, 6.07) is 18.8. The van der Waals surface area contributed by atoms with Crippen molar-refractivity contribution in [2.45, 2.75) is 13.5 Å². The maximum Gasteiger partial charge on any atom is 0.180 e. The highest BCUT2D eigenvalue weighted by molar-refractivity contribution is 8.13. The molecule has 5 heteroatoms. The Morgan fingerprint density at radius 2 is 1.83 bits per heavy atom. The summed E-state index contributed by atoms with van der Waals surface area (Å²) in [5.41, 5.74) is 9.09. The van der Waals surface area contributed by atoms with Crippen LogP contribution in [0.1, 0.15) is 18.1 Å². The van der Waals surface area contributed by atoms with Gasteiger partial charge >= 0.3 is 0 Å². The van der Waals surface area contributed by atoms with Gasteiger partial charge in [0, 0.05) is 18.8 Å². The third kappa shape index (κ3) is 5.45. The van der Waals surface area contributed by atoms with Gasteiger partial charge in [0.15, 0.2) is 5.17 Å². The molecule has 0 aliphatic carbocycles.